The minimum atomic E-state index is 1.17. The molecule has 1 aromatic rings. The predicted octanol–water partition coefficient (Wildman–Crippen LogP) is 6.41. The first-order valence-corrected chi connectivity index (χ1v) is 10.7. The summed E-state index contributed by atoms with van der Waals surface area (Å²) in [5.41, 5.74) is 2.75. The van der Waals surface area contributed by atoms with Crippen LogP contribution in [-0.4, -0.2) is 4.68 Å². The first-order chi connectivity index (χ1) is 11.7. The van der Waals surface area contributed by atoms with E-state index in [9.17, 15) is 0 Å². The van der Waals surface area contributed by atoms with Gasteiger partial charge in [0.25, 0.3) is 0 Å². The standard InChI is InChI=1S/C22H43N2/c1-5-6-7-8-9-10-11-12-13-14-15-16-17-18-19-24-22(3)20-21(2)23(24)4/h20H,5-19H2,1-4H3/q+1. The number of nitrogens with zero attached hydrogens (tertiary/aromatic N) is 2. The Balaban J connectivity index is 1.86. The average Bonchev–Trinajstić information content (AvgIpc) is 2.81. The monoisotopic (exact) mass is 335 g/mol. The van der Waals surface area contributed by atoms with Crippen molar-refractivity contribution in [1.29, 1.82) is 0 Å². The molecule has 0 atom stereocenters. The minimum absolute atomic E-state index is 1.17. The van der Waals surface area contributed by atoms with Crippen LogP contribution >= 0.6 is 0 Å². The van der Waals surface area contributed by atoms with Gasteiger partial charge in [0.1, 0.15) is 0 Å². The second-order valence-electron chi connectivity index (χ2n) is 7.67. The zero-order valence-corrected chi connectivity index (χ0v) is 17.1. The third-order valence-corrected chi connectivity index (χ3v) is 5.42. The molecule has 0 amide bonds. The predicted molar refractivity (Wildman–Crippen MR) is 105 cm³/mol. The topological polar surface area (TPSA) is 8.81 Å². The maximum atomic E-state index is 2.41. The average molecular weight is 336 g/mol. The SMILES string of the molecule is CCCCCCCCCCCCCCCC[n+]1c(C)cc(C)n1C. The molecule has 0 bridgehead atoms. The Morgan fingerprint density at radius 2 is 1.12 bits per heavy atom. The Morgan fingerprint density at radius 1 is 0.708 bits per heavy atom. The van der Waals surface area contributed by atoms with E-state index in [1.807, 2.05) is 0 Å². The molecule has 2 heteroatoms. The number of aryl methyl sites for hydroxylation is 2. The number of unbranched alkanes of at least 4 members (excludes halogenated alkanes) is 13. The summed E-state index contributed by atoms with van der Waals surface area (Å²) in [7, 11) is 2.17. The summed E-state index contributed by atoms with van der Waals surface area (Å²) in [6, 6.07) is 2.28. The van der Waals surface area contributed by atoms with E-state index in [2.05, 4.69) is 43.2 Å². The van der Waals surface area contributed by atoms with Gasteiger partial charge in [0.15, 0.2) is 6.54 Å². The van der Waals surface area contributed by atoms with Crippen molar-refractivity contribution in [2.45, 2.75) is 117 Å². The Kier molecular flexibility index (Phi) is 12.0. The highest BCUT2D eigenvalue weighted by molar-refractivity contribution is 5.00. The van der Waals surface area contributed by atoms with E-state index in [1.165, 1.54) is 108 Å². The van der Waals surface area contributed by atoms with Crippen LogP contribution in [0.4, 0.5) is 0 Å². The van der Waals surface area contributed by atoms with Gasteiger partial charge in [-0.15, -0.1) is 4.68 Å². The molecule has 0 saturated heterocycles. The third-order valence-electron chi connectivity index (χ3n) is 5.42. The first kappa shape index (κ1) is 21.3. The summed E-state index contributed by atoms with van der Waals surface area (Å²) >= 11 is 0. The van der Waals surface area contributed by atoms with Crippen molar-refractivity contribution >= 4 is 0 Å². The summed E-state index contributed by atoms with van der Waals surface area (Å²) in [5.74, 6) is 0. The smallest absolute Gasteiger partial charge is 0.161 e. The summed E-state index contributed by atoms with van der Waals surface area (Å²) in [6.07, 6.45) is 20.0. The number of hydrogen-bond donors (Lipinski definition) is 0. The molecule has 0 radical (unpaired) electrons. The second kappa shape index (κ2) is 13.5. The molecule has 0 N–H and O–H groups in total. The Morgan fingerprint density at radius 3 is 1.50 bits per heavy atom. The third kappa shape index (κ3) is 8.89. The highest BCUT2D eigenvalue weighted by Gasteiger charge is 2.13. The van der Waals surface area contributed by atoms with Crippen LogP contribution in [0.3, 0.4) is 0 Å². The maximum absolute atomic E-state index is 2.41. The van der Waals surface area contributed by atoms with Gasteiger partial charge in [0, 0.05) is 19.4 Å². The van der Waals surface area contributed by atoms with E-state index >= 15 is 0 Å². The van der Waals surface area contributed by atoms with Gasteiger partial charge >= 0.3 is 0 Å². The lowest BCUT2D eigenvalue weighted by molar-refractivity contribution is -0.778. The van der Waals surface area contributed by atoms with E-state index in [1.54, 1.807) is 0 Å². The Labute approximate surface area is 151 Å². The first-order valence-electron chi connectivity index (χ1n) is 10.7. The molecule has 1 heterocycles. The van der Waals surface area contributed by atoms with Gasteiger partial charge < -0.3 is 0 Å². The Bertz CT molecular complexity index is 420. The van der Waals surface area contributed by atoms with Crippen LogP contribution in [0.5, 0.6) is 0 Å². The summed E-state index contributed by atoms with van der Waals surface area (Å²) in [4.78, 5) is 0. The van der Waals surface area contributed by atoms with Crippen LogP contribution in [0.15, 0.2) is 6.07 Å². The van der Waals surface area contributed by atoms with E-state index in [0.717, 1.165) is 0 Å². The van der Waals surface area contributed by atoms with Gasteiger partial charge in [0.2, 0.25) is 5.69 Å². The zero-order valence-electron chi connectivity index (χ0n) is 17.1. The van der Waals surface area contributed by atoms with Crippen molar-refractivity contribution in [3.05, 3.63) is 17.5 Å². The van der Waals surface area contributed by atoms with Crippen molar-refractivity contribution in [3.8, 4) is 0 Å². The van der Waals surface area contributed by atoms with Crippen LogP contribution in [0.2, 0.25) is 0 Å². The van der Waals surface area contributed by atoms with Crippen LogP contribution in [0.1, 0.15) is 108 Å². The van der Waals surface area contributed by atoms with Crippen molar-refractivity contribution in [2.75, 3.05) is 0 Å². The number of hydrogen-bond acceptors (Lipinski definition) is 0. The molecule has 2 nitrogen and oxygen atoms in total. The lowest BCUT2D eigenvalue weighted by atomic mass is 10.0. The minimum Gasteiger partial charge on any atom is -0.161 e. The molecule has 140 valence electrons. The quantitative estimate of drug-likeness (QED) is 0.259. The van der Waals surface area contributed by atoms with Crippen LogP contribution in [0, 0.1) is 13.8 Å². The molecule has 1 aromatic heterocycles. The summed E-state index contributed by atoms with van der Waals surface area (Å²) in [6.45, 7) is 7.88. The molecule has 0 aliphatic rings. The highest BCUT2D eigenvalue weighted by Crippen LogP contribution is 2.13. The second-order valence-corrected chi connectivity index (χ2v) is 7.67. The molecule has 24 heavy (non-hydrogen) atoms. The number of aromatic nitrogens is 2. The van der Waals surface area contributed by atoms with Gasteiger partial charge in [-0.1, -0.05) is 84.0 Å². The number of rotatable bonds is 15. The molecular formula is C22H43N2+. The largest absolute Gasteiger partial charge is 0.205 e. The van der Waals surface area contributed by atoms with Crippen LogP contribution in [-0.2, 0) is 13.6 Å². The molecule has 0 unspecified atom stereocenters. The van der Waals surface area contributed by atoms with Crippen molar-refractivity contribution in [1.82, 2.24) is 4.68 Å². The lowest BCUT2D eigenvalue weighted by Crippen LogP contribution is -2.44. The summed E-state index contributed by atoms with van der Waals surface area (Å²) < 4.78 is 4.70. The fourth-order valence-corrected chi connectivity index (χ4v) is 3.68. The van der Waals surface area contributed by atoms with E-state index in [4.69, 9.17) is 0 Å². The van der Waals surface area contributed by atoms with Gasteiger partial charge in [-0.3, -0.25) is 0 Å². The normalized spacial score (nSPS) is 11.3. The van der Waals surface area contributed by atoms with Crippen LogP contribution < -0.4 is 4.68 Å². The van der Waals surface area contributed by atoms with E-state index in [-0.39, 0.29) is 0 Å². The van der Waals surface area contributed by atoms with Gasteiger partial charge in [-0.2, -0.15) is 4.68 Å². The van der Waals surface area contributed by atoms with Crippen molar-refractivity contribution in [3.63, 3.8) is 0 Å². The van der Waals surface area contributed by atoms with Crippen molar-refractivity contribution < 1.29 is 4.68 Å². The van der Waals surface area contributed by atoms with Gasteiger partial charge in [0.05, 0.1) is 12.7 Å². The molecule has 0 fully saturated rings. The lowest BCUT2D eigenvalue weighted by Gasteiger charge is -2.03. The zero-order chi connectivity index (χ0) is 17.6. The van der Waals surface area contributed by atoms with Crippen LogP contribution in [0.25, 0.3) is 0 Å². The highest BCUT2D eigenvalue weighted by atomic mass is 15.4. The molecular weight excluding hydrogens is 292 g/mol. The van der Waals surface area contributed by atoms with Gasteiger partial charge in [-0.25, -0.2) is 0 Å². The molecule has 0 aliphatic carbocycles. The van der Waals surface area contributed by atoms with Gasteiger partial charge in [-0.05, 0) is 13.3 Å². The molecule has 0 aliphatic heterocycles. The van der Waals surface area contributed by atoms with Crippen molar-refractivity contribution in [2.24, 2.45) is 7.05 Å². The molecule has 0 saturated carbocycles. The maximum Gasteiger partial charge on any atom is 0.205 e. The molecule has 0 aromatic carbocycles. The summed E-state index contributed by atoms with van der Waals surface area (Å²) in [5, 5.41) is 0. The molecule has 0 spiro atoms. The molecule has 1 rings (SSSR count). The van der Waals surface area contributed by atoms with E-state index in [0.29, 0.717) is 0 Å². The fraction of sp³-hybridized carbons (Fsp3) is 0.864. The fourth-order valence-electron chi connectivity index (χ4n) is 3.68. The van der Waals surface area contributed by atoms with E-state index < -0.39 is 0 Å². The Hall–Kier alpha value is -0.790.